The van der Waals surface area contributed by atoms with Gasteiger partial charge in [0.1, 0.15) is 42.7 Å². The zero-order valence-corrected chi connectivity index (χ0v) is 41.2. The number of methoxy groups -OCH3 is 3. The predicted molar refractivity (Wildman–Crippen MR) is 240 cm³/mol. The molecule has 0 radical (unpaired) electrons. The van der Waals surface area contributed by atoms with E-state index in [0.29, 0.717) is 43.6 Å². The van der Waals surface area contributed by atoms with Crippen molar-refractivity contribution >= 4 is 11.9 Å². The van der Waals surface area contributed by atoms with Gasteiger partial charge in [-0.25, -0.2) is 4.79 Å². The average Bonchev–Trinajstić information content (AvgIpc) is 3.59. The lowest BCUT2D eigenvalue weighted by Crippen LogP contribution is -2.68. The number of esters is 2. The summed E-state index contributed by atoms with van der Waals surface area (Å²) in [6, 6.07) is 9.04. The van der Waals surface area contributed by atoms with Crippen LogP contribution in [0.2, 0.25) is 0 Å². The number of hydrogen-bond donors (Lipinski definition) is 3. The summed E-state index contributed by atoms with van der Waals surface area (Å²) in [7, 11) is 4.70. The van der Waals surface area contributed by atoms with E-state index in [4.69, 9.17) is 52.1 Å². The van der Waals surface area contributed by atoms with Crippen molar-refractivity contribution in [1.29, 1.82) is 0 Å². The van der Waals surface area contributed by atoms with E-state index in [1.165, 1.54) is 14.0 Å². The van der Waals surface area contributed by atoms with Crippen LogP contribution in [0.1, 0.15) is 123 Å². The van der Waals surface area contributed by atoms with Gasteiger partial charge in [-0.2, -0.15) is 0 Å². The van der Waals surface area contributed by atoms with Crippen LogP contribution < -0.4 is 0 Å². The van der Waals surface area contributed by atoms with Crippen molar-refractivity contribution in [1.82, 2.24) is 0 Å². The maximum Gasteiger partial charge on any atom is 0.338 e. The average molecular weight is 947 g/mol. The van der Waals surface area contributed by atoms with Gasteiger partial charge in [0, 0.05) is 52.4 Å². The lowest BCUT2D eigenvalue weighted by molar-refractivity contribution is -0.352. The molecule has 3 saturated heterocycles. The van der Waals surface area contributed by atoms with Crippen LogP contribution in [0.3, 0.4) is 0 Å². The molecule has 378 valence electrons. The van der Waals surface area contributed by atoms with Crippen LogP contribution in [-0.4, -0.2) is 152 Å². The van der Waals surface area contributed by atoms with E-state index in [9.17, 15) is 24.9 Å². The third kappa shape index (κ3) is 9.50. The molecule has 0 amide bonds. The molecule has 16 nitrogen and oxygen atoms in total. The summed E-state index contributed by atoms with van der Waals surface area (Å²) in [5.41, 5.74) is -1.57. The highest BCUT2D eigenvalue weighted by atomic mass is 16.8. The molecule has 1 aromatic carbocycles. The molecule has 0 aromatic heterocycles. The first-order valence-electron chi connectivity index (χ1n) is 24.9. The van der Waals surface area contributed by atoms with Crippen LogP contribution in [0.25, 0.3) is 0 Å². The molecule has 3 heterocycles. The monoisotopic (exact) mass is 947 g/mol. The maximum atomic E-state index is 13.8. The molecule has 8 rings (SSSR count). The van der Waals surface area contributed by atoms with Gasteiger partial charge >= 0.3 is 11.9 Å². The third-order valence-electron chi connectivity index (χ3n) is 18.0. The Morgan fingerprint density at radius 3 is 1.99 bits per heavy atom. The molecule has 0 unspecified atom stereocenters. The standard InChI is InChI=1S/C51H78O16/c1-26(60-30(5)52)34-19-21-51(56)35-17-16-32-22-33(18-20-49(32,6)36(35)23-39(50(34,51)7)65-47(55)31-14-12-11-13-15-31)64-40-24-37(57-8)44(28(3)61-40)66-41-25-38(58-9)45(29(4)62-41)67-48-43(54)46(59-10)42(53)27(2)63-48/h11-15,26-29,32-46,48,53-54,56H,16-25H2,1-10H3/t26-,27-,28-,29-,32+,33+,34-,35-,36+,37+,38-,39-,40+,41+,42-,43-,44-,45-,46-,48+,49+,50+,51+/m1/s1. The Hall–Kier alpha value is -2.32. The highest BCUT2D eigenvalue weighted by Crippen LogP contribution is 2.70. The number of benzene rings is 1. The quantitative estimate of drug-likeness (QED) is 0.166. The number of aliphatic hydroxyl groups is 3. The highest BCUT2D eigenvalue weighted by Gasteiger charge is 2.72. The molecule has 7 fully saturated rings. The molecule has 3 N–H and O–H groups in total. The maximum absolute atomic E-state index is 13.8. The molecule has 23 atom stereocenters. The van der Waals surface area contributed by atoms with E-state index in [-0.39, 0.29) is 41.3 Å². The van der Waals surface area contributed by atoms with Crippen LogP contribution in [0, 0.1) is 34.5 Å². The first-order valence-corrected chi connectivity index (χ1v) is 24.9. The zero-order chi connectivity index (χ0) is 48.2. The Bertz CT molecular complexity index is 1840. The number of carbonyl (C=O) groups is 2. The summed E-state index contributed by atoms with van der Waals surface area (Å²) >= 11 is 0. The number of fused-ring (bicyclic) bond motifs is 5. The smallest absolute Gasteiger partial charge is 0.338 e. The second-order valence-corrected chi connectivity index (χ2v) is 21.3. The summed E-state index contributed by atoms with van der Waals surface area (Å²) in [6.45, 7) is 13.3. The second kappa shape index (κ2) is 20.4. The van der Waals surface area contributed by atoms with Crippen molar-refractivity contribution in [2.45, 2.75) is 216 Å². The van der Waals surface area contributed by atoms with E-state index >= 15 is 0 Å². The van der Waals surface area contributed by atoms with E-state index in [1.807, 2.05) is 39.0 Å². The van der Waals surface area contributed by atoms with Crippen LogP contribution >= 0.6 is 0 Å². The molecule has 7 aliphatic rings. The molecule has 4 aliphatic carbocycles. The number of carbonyl (C=O) groups excluding carboxylic acids is 2. The Morgan fingerprint density at radius 1 is 0.716 bits per heavy atom. The predicted octanol–water partition coefficient (Wildman–Crippen LogP) is 5.48. The Morgan fingerprint density at radius 2 is 1.36 bits per heavy atom. The van der Waals surface area contributed by atoms with Gasteiger partial charge in [0.15, 0.2) is 18.9 Å². The fraction of sp³-hybridized carbons (Fsp3) is 0.843. The summed E-state index contributed by atoms with van der Waals surface area (Å²) in [6.07, 6.45) is -2.74. The van der Waals surface area contributed by atoms with Gasteiger partial charge in [-0.15, -0.1) is 0 Å². The SMILES string of the molecule is CO[C@H]1[C@@H](O)[C@H](O[C@@H]2[C@@H](C)O[C@@H](O[C@H]3[C@@H](OC)C[C@H](O[C@H]4CC[C@@]5(C)[C@@H](CC[C@@H]6[C@@H]5C[C@@H](OC(=O)c5ccccc5)[C@]5(C)[C@@H]([C@@H](C)OC(C)=O)CC[C@]65O)C4)O[C@@H]3C)C[C@H]2OC)O[C@H](C)[C@H]1O. The van der Waals surface area contributed by atoms with E-state index in [1.54, 1.807) is 33.3 Å². The summed E-state index contributed by atoms with van der Waals surface area (Å²) in [4.78, 5) is 26.0. The number of hydrogen-bond acceptors (Lipinski definition) is 16. The number of ether oxygens (including phenoxy) is 11. The largest absolute Gasteiger partial charge is 0.463 e. The lowest BCUT2D eigenvalue weighted by Gasteiger charge is -2.65. The molecule has 4 saturated carbocycles. The van der Waals surface area contributed by atoms with Crippen LogP contribution in [0.15, 0.2) is 30.3 Å². The van der Waals surface area contributed by atoms with E-state index in [0.717, 1.165) is 32.1 Å². The summed E-state index contributed by atoms with van der Waals surface area (Å²) in [5.74, 6) is -0.491. The first kappa shape index (κ1) is 51.0. The molecule has 0 bridgehead atoms. The molecule has 0 spiro atoms. The van der Waals surface area contributed by atoms with Gasteiger partial charge in [-0.1, -0.05) is 32.0 Å². The second-order valence-electron chi connectivity index (χ2n) is 21.3. The highest BCUT2D eigenvalue weighted by molar-refractivity contribution is 5.89. The zero-order valence-electron chi connectivity index (χ0n) is 41.2. The van der Waals surface area contributed by atoms with E-state index in [2.05, 4.69) is 13.8 Å². The van der Waals surface area contributed by atoms with Gasteiger partial charge < -0.3 is 67.4 Å². The normalized spacial score (nSPS) is 48.0. The summed E-state index contributed by atoms with van der Waals surface area (Å²) < 4.78 is 68.1. The molecular formula is C51H78O16. The topological polar surface area (TPSA) is 196 Å². The van der Waals surface area contributed by atoms with Gasteiger partial charge in [-0.05, 0) is 114 Å². The molecular weight excluding hydrogens is 869 g/mol. The number of rotatable bonds is 13. The first-order chi connectivity index (χ1) is 31.9. The van der Waals surface area contributed by atoms with Gasteiger partial charge in [0.2, 0.25) is 0 Å². The fourth-order valence-electron chi connectivity index (χ4n) is 14.3. The van der Waals surface area contributed by atoms with Gasteiger partial charge in [-0.3, -0.25) is 4.79 Å². The molecule has 67 heavy (non-hydrogen) atoms. The van der Waals surface area contributed by atoms with Crippen LogP contribution in [0.4, 0.5) is 0 Å². The van der Waals surface area contributed by atoms with Crippen molar-refractivity contribution in [3.8, 4) is 0 Å². The minimum absolute atomic E-state index is 0.00864. The molecule has 16 heteroatoms. The minimum atomic E-state index is -1.22. The molecule has 3 aliphatic heterocycles. The van der Waals surface area contributed by atoms with Gasteiger partial charge in [0.25, 0.3) is 0 Å². The van der Waals surface area contributed by atoms with Crippen LogP contribution in [0.5, 0.6) is 0 Å². The Balaban J connectivity index is 0.901. The van der Waals surface area contributed by atoms with Crippen molar-refractivity contribution in [2.75, 3.05) is 21.3 Å². The van der Waals surface area contributed by atoms with Crippen molar-refractivity contribution in [2.24, 2.45) is 34.5 Å². The number of aliphatic hydroxyl groups excluding tert-OH is 2. The summed E-state index contributed by atoms with van der Waals surface area (Å²) in [5, 5.41) is 34.5. The van der Waals surface area contributed by atoms with Crippen LogP contribution in [-0.2, 0) is 56.9 Å². The van der Waals surface area contributed by atoms with Crippen molar-refractivity contribution in [3.05, 3.63) is 35.9 Å². The minimum Gasteiger partial charge on any atom is -0.463 e. The fourth-order valence-corrected chi connectivity index (χ4v) is 14.3. The third-order valence-corrected chi connectivity index (χ3v) is 18.0. The lowest BCUT2D eigenvalue weighted by atomic mass is 9.42. The Labute approximate surface area is 396 Å². The van der Waals surface area contributed by atoms with E-state index < -0.39 is 103 Å². The molecule has 1 aromatic rings. The Kier molecular flexibility index (Phi) is 15.6. The van der Waals surface area contributed by atoms with Crippen molar-refractivity contribution in [3.63, 3.8) is 0 Å². The van der Waals surface area contributed by atoms with Gasteiger partial charge in [0.05, 0.1) is 47.8 Å². The van der Waals surface area contributed by atoms with Crippen molar-refractivity contribution < 1.29 is 77.0 Å².